The number of likely N-dealkylation sites (N-methyl/N-ethyl adjacent to an activating group) is 1. The Labute approximate surface area is 214 Å². The van der Waals surface area contributed by atoms with Crippen LogP contribution in [-0.2, 0) is 26.2 Å². The van der Waals surface area contributed by atoms with Crippen LogP contribution in [0.3, 0.4) is 0 Å². The summed E-state index contributed by atoms with van der Waals surface area (Å²) in [6.45, 7) is 3.49. The zero-order valence-corrected chi connectivity index (χ0v) is 21.9. The summed E-state index contributed by atoms with van der Waals surface area (Å²) in [6.07, 6.45) is 0.861. The monoisotopic (exact) mass is 549 g/mol. The van der Waals surface area contributed by atoms with E-state index in [1.807, 2.05) is 0 Å². The molecule has 1 unspecified atom stereocenters. The van der Waals surface area contributed by atoms with Crippen LogP contribution in [0.15, 0.2) is 36.4 Å². The van der Waals surface area contributed by atoms with Gasteiger partial charge in [-0.1, -0.05) is 29.3 Å². The molecule has 35 heavy (non-hydrogen) atoms. The van der Waals surface area contributed by atoms with E-state index in [1.54, 1.807) is 32.0 Å². The zero-order valence-electron chi connectivity index (χ0n) is 19.5. The second-order valence-electron chi connectivity index (χ2n) is 7.83. The second-order valence-corrected chi connectivity index (χ2v) is 10.6. The van der Waals surface area contributed by atoms with E-state index in [0.717, 1.165) is 28.8 Å². The zero-order chi connectivity index (χ0) is 26.3. The van der Waals surface area contributed by atoms with Crippen molar-refractivity contribution in [2.45, 2.75) is 39.3 Å². The first-order valence-corrected chi connectivity index (χ1v) is 13.4. The first kappa shape index (κ1) is 28.8. The molecule has 12 heteroatoms. The van der Waals surface area contributed by atoms with Gasteiger partial charge in [-0.15, -0.1) is 0 Å². The summed E-state index contributed by atoms with van der Waals surface area (Å²) in [5, 5.41) is 3.34. The van der Waals surface area contributed by atoms with E-state index in [2.05, 4.69) is 5.32 Å². The van der Waals surface area contributed by atoms with Crippen molar-refractivity contribution in [3.05, 3.63) is 63.6 Å². The smallest absolute Gasteiger partial charge is 0.242 e. The van der Waals surface area contributed by atoms with Gasteiger partial charge in [0.2, 0.25) is 21.8 Å². The summed E-state index contributed by atoms with van der Waals surface area (Å²) >= 11 is 12.5. The molecule has 2 amide bonds. The van der Waals surface area contributed by atoms with Crippen molar-refractivity contribution in [2.24, 2.45) is 0 Å². The minimum atomic E-state index is -3.84. The Bertz CT molecular complexity index is 1160. The van der Waals surface area contributed by atoms with E-state index in [1.165, 1.54) is 4.90 Å². The van der Waals surface area contributed by atoms with E-state index in [-0.39, 0.29) is 37.5 Å². The molecule has 192 valence electrons. The van der Waals surface area contributed by atoms with Crippen molar-refractivity contribution in [1.29, 1.82) is 0 Å². The third-order valence-electron chi connectivity index (χ3n) is 5.25. The molecule has 0 radical (unpaired) electrons. The van der Waals surface area contributed by atoms with Crippen molar-refractivity contribution < 1.29 is 26.8 Å². The van der Waals surface area contributed by atoms with Gasteiger partial charge in [-0.05, 0) is 44.5 Å². The van der Waals surface area contributed by atoms with Gasteiger partial charge < -0.3 is 10.2 Å². The molecule has 0 aliphatic carbocycles. The molecule has 0 spiro atoms. The van der Waals surface area contributed by atoms with E-state index in [4.69, 9.17) is 23.2 Å². The van der Waals surface area contributed by atoms with E-state index < -0.39 is 33.6 Å². The Morgan fingerprint density at radius 3 is 2.26 bits per heavy atom. The molecule has 2 rings (SSSR count). The number of sulfonamides is 1. The van der Waals surface area contributed by atoms with Gasteiger partial charge in [0.25, 0.3) is 0 Å². The van der Waals surface area contributed by atoms with Gasteiger partial charge in [0.1, 0.15) is 6.04 Å². The molecule has 0 saturated heterocycles. The number of carbonyl (C=O) groups is 2. The van der Waals surface area contributed by atoms with Crippen molar-refractivity contribution in [3.63, 3.8) is 0 Å². The first-order chi connectivity index (χ1) is 16.4. The Morgan fingerprint density at radius 2 is 1.71 bits per heavy atom. The Hall–Kier alpha value is -2.43. The SMILES string of the molecule is CCNC(=O)C(C)N(Cc1c(Cl)cccc1Cl)C(=O)CCCN(c1ccc(F)c(F)c1)S(C)(=O)=O. The number of hydrogen-bond acceptors (Lipinski definition) is 4. The third-order valence-corrected chi connectivity index (χ3v) is 7.15. The summed E-state index contributed by atoms with van der Waals surface area (Å²) in [5.41, 5.74) is 0.411. The number of rotatable bonds is 11. The molecule has 0 heterocycles. The fraction of sp³-hybridized carbons (Fsp3) is 0.391. The number of nitrogens with one attached hydrogen (secondary N) is 1. The molecule has 0 aliphatic heterocycles. The maximum Gasteiger partial charge on any atom is 0.242 e. The first-order valence-electron chi connectivity index (χ1n) is 10.8. The van der Waals surface area contributed by atoms with Crippen molar-refractivity contribution in [2.75, 3.05) is 23.7 Å². The van der Waals surface area contributed by atoms with E-state index in [9.17, 15) is 26.8 Å². The van der Waals surface area contributed by atoms with Crippen LogP contribution >= 0.6 is 23.2 Å². The summed E-state index contributed by atoms with van der Waals surface area (Å²) in [4.78, 5) is 27.0. The van der Waals surface area contributed by atoms with Crippen molar-refractivity contribution in [1.82, 2.24) is 10.2 Å². The summed E-state index contributed by atoms with van der Waals surface area (Å²) in [5.74, 6) is -3.10. The highest BCUT2D eigenvalue weighted by Gasteiger charge is 2.27. The van der Waals surface area contributed by atoms with Crippen LogP contribution in [0.4, 0.5) is 14.5 Å². The Morgan fingerprint density at radius 1 is 1.09 bits per heavy atom. The number of anilines is 1. The summed E-state index contributed by atoms with van der Waals surface area (Å²) in [7, 11) is -3.84. The van der Waals surface area contributed by atoms with Crippen LogP contribution in [0.5, 0.6) is 0 Å². The van der Waals surface area contributed by atoms with Crippen molar-refractivity contribution >= 4 is 50.7 Å². The van der Waals surface area contributed by atoms with Crippen LogP contribution in [0.25, 0.3) is 0 Å². The molecule has 0 aliphatic rings. The van der Waals surface area contributed by atoms with E-state index in [0.29, 0.717) is 22.2 Å². The average molecular weight is 550 g/mol. The highest BCUT2D eigenvalue weighted by molar-refractivity contribution is 7.92. The maximum atomic E-state index is 13.7. The van der Waals surface area contributed by atoms with Gasteiger partial charge in [0, 0.05) is 47.7 Å². The van der Waals surface area contributed by atoms with Crippen LogP contribution in [0, 0.1) is 11.6 Å². The average Bonchev–Trinajstić information content (AvgIpc) is 2.77. The summed E-state index contributed by atoms with van der Waals surface area (Å²) < 4.78 is 52.4. The number of hydrogen-bond donors (Lipinski definition) is 1. The van der Waals surface area contributed by atoms with E-state index >= 15 is 0 Å². The molecule has 0 saturated carbocycles. The van der Waals surface area contributed by atoms with Gasteiger partial charge in [-0.2, -0.15) is 0 Å². The van der Waals surface area contributed by atoms with Crippen LogP contribution in [0.2, 0.25) is 10.0 Å². The second kappa shape index (κ2) is 12.5. The number of nitrogens with zero attached hydrogens (tertiary/aromatic N) is 2. The molecule has 1 N–H and O–H groups in total. The topological polar surface area (TPSA) is 86.8 Å². The van der Waals surface area contributed by atoms with Gasteiger partial charge in [-0.25, -0.2) is 17.2 Å². The predicted molar refractivity (Wildman–Crippen MR) is 133 cm³/mol. The van der Waals surface area contributed by atoms with Gasteiger partial charge in [0.15, 0.2) is 11.6 Å². The Balaban J connectivity index is 2.22. The highest BCUT2D eigenvalue weighted by Crippen LogP contribution is 2.27. The Kier molecular flexibility index (Phi) is 10.3. The normalized spacial score (nSPS) is 12.2. The van der Waals surface area contributed by atoms with Crippen LogP contribution in [-0.4, -0.2) is 50.5 Å². The lowest BCUT2D eigenvalue weighted by Crippen LogP contribution is -2.47. The number of halogens is 4. The maximum absolute atomic E-state index is 13.7. The largest absolute Gasteiger partial charge is 0.355 e. The molecule has 1 atom stereocenters. The fourth-order valence-corrected chi connectivity index (χ4v) is 4.88. The lowest BCUT2D eigenvalue weighted by Gasteiger charge is -2.30. The molecule has 2 aromatic carbocycles. The predicted octanol–water partition coefficient (Wildman–Crippen LogP) is 4.37. The summed E-state index contributed by atoms with van der Waals surface area (Å²) in [6, 6.07) is 6.79. The molecule has 7 nitrogen and oxygen atoms in total. The molecule has 0 fully saturated rings. The quantitative estimate of drug-likeness (QED) is 0.450. The lowest BCUT2D eigenvalue weighted by atomic mass is 10.1. The highest BCUT2D eigenvalue weighted by atomic mass is 35.5. The fourth-order valence-electron chi connectivity index (χ4n) is 3.40. The van der Waals surface area contributed by atoms with Crippen molar-refractivity contribution in [3.8, 4) is 0 Å². The van der Waals surface area contributed by atoms with Crippen LogP contribution in [0.1, 0.15) is 32.3 Å². The van der Waals surface area contributed by atoms with Crippen LogP contribution < -0.4 is 9.62 Å². The number of carbonyl (C=O) groups excluding carboxylic acids is 2. The third kappa shape index (κ3) is 7.78. The molecular formula is C23H27Cl2F2N3O4S. The molecular weight excluding hydrogens is 523 g/mol. The molecule has 2 aromatic rings. The van der Waals surface area contributed by atoms with Gasteiger partial charge in [0.05, 0.1) is 11.9 Å². The van der Waals surface area contributed by atoms with Gasteiger partial charge in [-0.3, -0.25) is 13.9 Å². The minimum absolute atomic E-state index is 0.0331. The molecule has 0 aromatic heterocycles. The number of benzene rings is 2. The van der Waals surface area contributed by atoms with Gasteiger partial charge >= 0.3 is 0 Å². The number of amides is 2. The standard InChI is InChI=1S/C23H27Cl2F2N3O4S/c1-4-28-23(32)15(2)29(14-17-18(24)7-5-8-19(17)25)22(31)9-6-12-30(35(3,33)34)16-10-11-20(26)21(27)13-16/h5,7-8,10-11,13,15H,4,6,9,12,14H2,1-3H3,(H,28,32). The molecule has 0 bridgehead atoms. The minimum Gasteiger partial charge on any atom is -0.355 e. The lowest BCUT2D eigenvalue weighted by molar-refractivity contribution is -0.140.